The predicted molar refractivity (Wildman–Crippen MR) is 57.6 cm³/mol. The highest BCUT2D eigenvalue weighted by molar-refractivity contribution is 8.11. The fourth-order valence-corrected chi connectivity index (χ4v) is 0.978. The Bertz CT molecular complexity index is 334. The highest BCUT2D eigenvalue weighted by Crippen LogP contribution is 1.97. The van der Waals surface area contributed by atoms with Crippen molar-refractivity contribution in [3.63, 3.8) is 0 Å². The Kier molecular flexibility index (Phi) is 3.32. The van der Waals surface area contributed by atoms with E-state index in [4.69, 9.17) is 0 Å². The van der Waals surface area contributed by atoms with Gasteiger partial charge in [0.25, 0.3) is 5.91 Å². The lowest BCUT2D eigenvalue weighted by atomic mass is 10.4. The molecular formula is C7H9N3OS2. The molecule has 1 amide bonds. The summed E-state index contributed by atoms with van der Waals surface area (Å²) in [6.45, 7) is 0. The van der Waals surface area contributed by atoms with E-state index in [1.807, 2.05) is 0 Å². The number of thiocarbonyl (C=S) groups is 1. The second-order valence-corrected chi connectivity index (χ2v) is 3.55. The zero-order valence-electron chi connectivity index (χ0n) is 6.94. The molecule has 1 aromatic rings. The summed E-state index contributed by atoms with van der Waals surface area (Å²) in [6.07, 6.45) is 1.79. The quantitative estimate of drug-likeness (QED) is 0.363. The molecule has 0 spiro atoms. The monoisotopic (exact) mass is 215 g/mol. The van der Waals surface area contributed by atoms with Gasteiger partial charge in [-0.25, -0.2) is 0 Å². The molecule has 0 atom stereocenters. The van der Waals surface area contributed by atoms with E-state index in [0.29, 0.717) is 5.69 Å². The molecule has 0 aliphatic heterocycles. The van der Waals surface area contributed by atoms with Crippen LogP contribution >= 0.6 is 24.8 Å². The topological polar surface area (TPSA) is 46.1 Å². The number of rotatable bonds is 1. The highest BCUT2D eigenvalue weighted by atomic mass is 32.1. The van der Waals surface area contributed by atoms with E-state index in [2.05, 4.69) is 35.7 Å². The number of nitrogens with one attached hydrogen (secondary N) is 2. The van der Waals surface area contributed by atoms with Gasteiger partial charge in [0.15, 0.2) is 0 Å². The molecule has 0 saturated carbocycles. The summed E-state index contributed by atoms with van der Waals surface area (Å²) in [5.74, 6) is -0.246. The molecule has 0 saturated heterocycles. The Morgan fingerprint density at radius 3 is 2.77 bits per heavy atom. The van der Waals surface area contributed by atoms with Crippen molar-refractivity contribution in [1.82, 2.24) is 15.4 Å². The Hall–Kier alpha value is -1.01. The molecule has 0 unspecified atom stereocenters. The number of hydrogen-bond donors (Lipinski definition) is 3. The summed E-state index contributed by atoms with van der Waals surface area (Å²) < 4.78 is 1.93. The number of carbonyl (C=O) groups excluding carboxylic acids is 1. The zero-order valence-corrected chi connectivity index (χ0v) is 8.65. The van der Waals surface area contributed by atoms with Crippen molar-refractivity contribution in [2.45, 2.75) is 0 Å². The molecule has 0 aromatic carbocycles. The summed E-state index contributed by atoms with van der Waals surface area (Å²) in [5, 5.41) is 0. The highest BCUT2D eigenvalue weighted by Gasteiger charge is 2.07. The number of carbonyl (C=O) groups is 1. The fraction of sp³-hybridized carbons (Fsp3) is 0.143. The Morgan fingerprint density at radius 1 is 1.62 bits per heavy atom. The first-order valence-corrected chi connectivity index (χ1v) is 4.37. The lowest BCUT2D eigenvalue weighted by Crippen LogP contribution is -2.39. The maximum absolute atomic E-state index is 11.3. The SMILES string of the molecule is Cn1cccc1C(=O)NNC(=S)S. The van der Waals surface area contributed by atoms with Crippen molar-refractivity contribution in [3.05, 3.63) is 24.0 Å². The summed E-state index contributed by atoms with van der Waals surface area (Å²) in [6, 6.07) is 3.49. The molecule has 4 nitrogen and oxygen atoms in total. The molecule has 70 valence electrons. The van der Waals surface area contributed by atoms with Crippen LogP contribution in [-0.4, -0.2) is 14.8 Å². The summed E-state index contributed by atoms with van der Waals surface area (Å²) in [4.78, 5) is 11.3. The predicted octanol–water partition coefficient (Wildman–Crippen LogP) is 0.474. The number of hydrogen-bond acceptors (Lipinski definition) is 2. The van der Waals surface area contributed by atoms with E-state index in [-0.39, 0.29) is 10.2 Å². The van der Waals surface area contributed by atoms with Gasteiger partial charge in [-0.05, 0) is 12.1 Å². The standard InChI is InChI=1S/C7H9N3OS2/c1-10-4-2-3-5(10)6(11)8-9-7(12)13/h2-4H,1H3,(H,8,11)(H2,9,12,13). The van der Waals surface area contributed by atoms with Gasteiger partial charge in [-0.1, -0.05) is 12.2 Å². The number of nitrogens with zero attached hydrogens (tertiary/aromatic N) is 1. The van der Waals surface area contributed by atoms with Gasteiger partial charge in [0.2, 0.25) is 0 Å². The van der Waals surface area contributed by atoms with Crippen LogP contribution in [-0.2, 0) is 7.05 Å². The first kappa shape index (κ1) is 10.1. The lowest BCUT2D eigenvalue weighted by molar-refractivity contribution is 0.0936. The van der Waals surface area contributed by atoms with E-state index in [9.17, 15) is 4.79 Å². The van der Waals surface area contributed by atoms with Gasteiger partial charge in [0.1, 0.15) is 10.0 Å². The Balaban J connectivity index is 2.59. The average Bonchev–Trinajstić information content (AvgIpc) is 2.47. The molecule has 6 heteroatoms. The van der Waals surface area contributed by atoms with Gasteiger partial charge < -0.3 is 4.57 Å². The molecule has 0 aliphatic carbocycles. The molecule has 1 rings (SSSR count). The van der Waals surface area contributed by atoms with Crippen molar-refractivity contribution in [1.29, 1.82) is 0 Å². The van der Waals surface area contributed by atoms with E-state index >= 15 is 0 Å². The third kappa shape index (κ3) is 2.74. The number of thiol groups is 1. The van der Waals surface area contributed by atoms with Crippen LogP contribution in [0.5, 0.6) is 0 Å². The van der Waals surface area contributed by atoms with Crippen molar-refractivity contribution >= 4 is 35.1 Å². The van der Waals surface area contributed by atoms with Gasteiger partial charge in [-0.3, -0.25) is 15.6 Å². The van der Waals surface area contributed by atoms with Gasteiger partial charge in [0.05, 0.1) is 0 Å². The van der Waals surface area contributed by atoms with Crippen LogP contribution in [0, 0.1) is 0 Å². The molecule has 0 radical (unpaired) electrons. The normalized spacial score (nSPS) is 9.38. The van der Waals surface area contributed by atoms with E-state index in [1.165, 1.54) is 0 Å². The summed E-state index contributed by atoms with van der Waals surface area (Å²) >= 11 is 8.40. The van der Waals surface area contributed by atoms with E-state index < -0.39 is 0 Å². The Morgan fingerprint density at radius 2 is 2.31 bits per heavy atom. The van der Waals surface area contributed by atoms with Crippen LogP contribution in [0.4, 0.5) is 0 Å². The Labute approximate surface area is 86.7 Å². The molecule has 1 aromatic heterocycles. The van der Waals surface area contributed by atoms with Crippen molar-refractivity contribution < 1.29 is 4.79 Å². The van der Waals surface area contributed by atoms with Gasteiger partial charge in [-0.2, -0.15) is 0 Å². The second kappa shape index (κ2) is 4.29. The largest absolute Gasteiger partial charge is 0.347 e. The zero-order chi connectivity index (χ0) is 9.84. The number of aromatic nitrogens is 1. The molecule has 0 aliphatic rings. The van der Waals surface area contributed by atoms with Crippen LogP contribution in [0.2, 0.25) is 0 Å². The molecule has 0 fully saturated rings. The van der Waals surface area contributed by atoms with Crippen LogP contribution in [0.1, 0.15) is 10.5 Å². The number of hydrazine groups is 1. The molecular weight excluding hydrogens is 206 g/mol. The number of amides is 1. The third-order valence-electron chi connectivity index (χ3n) is 1.46. The maximum atomic E-state index is 11.3. The van der Waals surface area contributed by atoms with Crippen LogP contribution in [0.3, 0.4) is 0 Å². The van der Waals surface area contributed by atoms with Crippen LogP contribution in [0.25, 0.3) is 0 Å². The van der Waals surface area contributed by atoms with Gasteiger partial charge >= 0.3 is 0 Å². The summed E-state index contributed by atoms with van der Waals surface area (Å²) in [7, 11) is 1.79. The van der Waals surface area contributed by atoms with Crippen LogP contribution in [0.15, 0.2) is 18.3 Å². The maximum Gasteiger partial charge on any atom is 0.286 e. The van der Waals surface area contributed by atoms with Crippen molar-refractivity contribution in [2.75, 3.05) is 0 Å². The molecule has 13 heavy (non-hydrogen) atoms. The second-order valence-electron chi connectivity index (χ2n) is 2.39. The molecule has 0 bridgehead atoms. The minimum absolute atomic E-state index is 0.225. The lowest BCUT2D eigenvalue weighted by Gasteiger charge is -2.06. The number of aryl methyl sites for hydroxylation is 1. The van der Waals surface area contributed by atoms with E-state index in [0.717, 1.165) is 0 Å². The minimum atomic E-state index is -0.246. The van der Waals surface area contributed by atoms with Crippen molar-refractivity contribution in [2.24, 2.45) is 7.05 Å². The summed E-state index contributed by atoms with van der Waals surface area (Å²) in [5.41, 5.74) is 5.39. The molecule has 1 heterocycles. The molecule has 2 N–H and O–H groups in total. The van der Waals surface area contributed by atoms with E-state index in [1.54, 1.807) is 29.9 Å². The van der Waals surface area contributed by atoms with Crippen LogP contribution < -0.4 is 10.9 Å². The average molecular weight is 215 g/mol. The van der Waals surface area contributed by atoms with Gasteiger partial charge in [0, 0.05) is 13.2 Å². The fourth-order valence-electron chi connectivity index (χ4n) is 0.871. The van der Waals surface area contributed by atoms with Gasteiger partial charge in [-0.15, -0.1) is 12.6 Å². The van der Waals surface area contributed by atoms with Crippen molar-refractivity contribution in [3.8, 4) is 0 Å². The third-order valence-corrected chi connectivity index (χ3v) is 1.67. The first-order chi connectivity index (χ1) is 6.11. The first-order valence-electron chi connectivity index (χ1n) is 3.52. The minimum Gasteiger partial charge on any atom is -0.347 e. The smallest absolute Gasteiger partial charge is 0.286 e.